The molecule has 0 atom stereocenters. The summed E-state index contributed by atoms with van der Waals surface area (Å²) < 4.78 is 0. The Morgan fingerprint density at radius 3 is 2.07 bits per heavy atom. The van der Waals surface area contributed by atoms with Crippen LogP contribution in [0.5, 0.6) is 0 Å². The molecular formula is C38H26BN3S. The predicted octanol–water partition coefficient (Wildman–Crippen LogP) is 7.94. The Hall–Kier alpha value is -4.74. The van der Waals surface area contributed by atoms with Crippen LogP contribution >= 0.6 is 11.8 Å². The summed E-state index contributed by atoms with van der Waals surface area (Å²) in [5.74, 6) is 0. The summed E-state index contributed by atoms with van der Waals surface area (Å²) in [6, 6.07) is 42.7. The van der Waals surface area contributed by atoms with Gasteiger partial charge >= 0.3 is 0 Å². The third kappa shape index (κ3) is 2.95. The zero-order valence-electron chi connectivity index (χ0n) is 23.9. The highest BCUT2D eigenvalue weighted by atomic mass is 32.2. The van der Waals surface area contributed by atoms with Crippen molar-refractivity contribution in [1.82, 2.24) is 4.98 Å². The van der Waals surface area contributed by atoms with Crippen molar-refractivity contribution in [2.75, 3.05) is 9.80 Å². The minimum absolute atomic E-state index is 0.122. The van der Waals surface area contributed by atoms with E-state index in [1.807, 2.05) is 24.0 Å². The lowest BCUT2D eigenvalue weighted by molar-refractivity contribution is 0.632. The van der Waals surface area contributed by atoms with Crippen LogP contribution in [0.2, 0.25) is 0 Å². The number of para-hydroxylation sites is 4. The summed E-state index contributed by atoms with van der Waals surface area (Å²) >= 11 is 1.89. The summed E-state index contributed by atoms with van der Waals surface area (Å²) in [5, 5.41) is 0. The zero-order valence-corrected chi connectivity index (χ0v) is 24.7. The Morgan fingerprint density at radius 2 is 1.26 bits per heavy atom. The van der Waals surface area contributed by atoms with Crippen LogP contribution in [-0.4, -0.2) is 11.7 Å². The maximum atomic E-state index is 4.83. The van der Waals surface area contributed by atoms with Gasteiger partial charge in [-0.25, -0.2) is 0 Å². The fourth-order valence-corrected chi connectivity index (χ4v) is 9.12. The molecule has 0 fully saturated rings. The number of pyridine rings is 1. The summed E-state index contributed by atoms with van der Waals surface area (Å²) in [5.41, 5.74) is 16.5. The molecular weight excluding hydrogens is 541 g/mol. The van der Waals surface area contributed by atoms with E-state index in [0.29, 0.717) is 0 Å². The largest absolute Gasteiger partial charge is 0.311 e. The Morgan fingerprint density at radius 1 is 0.605 bits per heavy atom. The number of hydrogen-bond acceptors (Lipinski definition) is 4. The lowest BCUT2D eigenvalue weighted by atomic mass is 9.33. The number of aromatic nitrogens is 1. The molecule has 0 saturated carbocycles. The van der Waals surface area contributed by atoms with E-state index in [2.05, 4.69) is 133 Å². The van der Waals surface area contributed by atoms with Crippen molar-refractivity contribution in [3.05, 3.63) is 133 Å². The molecule has 43 heavy (non-hydrogen) atoms. The Balaban J connectivity index is 1.39. The molecule has 0 saturated heterocycles. The topological polar surface area (TPSA) is 19.4 Å². The highest BCUT2D eigenvalue weighted by Crippen LogP contribution is 2.57. The normalized spacial score (nSPS) is 15.6. The molecule has 5 heteroatoms. The van der Waals surface area contributed by atoms with Crippen molar-refractivity contribution in [2.24, 2.45) is 0 Å². The van der Waals surface area contributed by atoms with Gasteiger partial charge in [0.2, 0.25) is 0 Å². The molecule has 0 aliphatic carbocycles. The van der Waals surface area contributed by atoms with Crippen molar-refractivity contribution >= 4 is 69.0 Å². The van der Waals surface area contributed by atoms with Crippen molar-refractivity contribution in [3.8, 4) is 11.3 Å². The molecule has 0 spiro atoms. The molecule has 0 bridgehead atoms. The molecule has 4 aliphatic heterocycles. The summed E-state index contributed by atoms with van der Waals surface area (Å²) in [6.45, 7) is 4.89. The van der Waals surface area contributed by atoms with E-state index in [1.54, 1.807) is 0 Å². The third-order valence-electron chi connectivity index (χ3n) is 9.85. The molecule has 3 nitrogen and oxygen atoms in total. The second kappa shape index (κ2) is 8.21. The van der Waals surface area contributed by atoms with E-state index in [4.69, 9.17) is 4.98 Å². The second-order valence-corrected chi connectivity index (χ2v) is 13.5. The number of nitrogens with zero attached hydrogens (tertiary/aromatic N) is 3. The quantitative estimate of drug-likeness (QED) is 0.188. The maximum Gasteiger partial charge on any atom is 0.252 e. The van der Waals surface area contributed by atoms with E-state index in [-0.39, 0.29) is 12.1 Å². The molecule has 4 aliphatic rings. The van der Waals surface area contributed by atoms with E-state index >= 15 is 0 Å². The Kier molecular flexibility index (Phi) is 4.54. The van der Waals surface area contributed by atoms with Gasteiger partial charge in [0.05, 0.1) is 22.8 Å². The average molecular weight is 568 g/mol. The Bertz CT molecular complexity index is 2170. The van der Waals surface area contributed by atoms with Crippen molar-refractivity contribution in [1.29, 1.82) is 0 Å². The lowest BCUT2D eigenvalue weighted by Gasteiger charge is -2.50. The van der Waals surface area contributed by atoms with Gasteiger partial charge in [-0.15, -0.1) is 0 Å². The second-order valence-electron chi connectivity index (χ2n) is 12.4. The number of benzene rings is 5. The van der Waals surface area contributed by atoms with Crippen LogP contribution in [0.1, 0.15) is 25.0 Å². The van der Waals surface area contributed by atoms with Gasteiger partial charge in [-0.3, -0.25) is 4.98 Å². The van der Waals surface area contributed by atoms with Crippen LogP contribution in [0.3, 0.4) is 0 Å². The van der Waals surface area contributed by atoms with Crippen LogP contribution in [0.15, 0.2) is 131 Å². The number of hydrogen-bond donors (Lipinski definition) is 0. The van der Waals surface area contributed by atoms with Gasteiger partial charge in [-0.1, -0.05) is 92.3 Å². The number of rotatable bonds is 1. The van der Waals surface area contributed by atoms with Gasteiger partial charge in [0, 0.05) is 44.0 Å². The minimum Gasteiger partial charge on any atom is -0.311 e. The number of fused-ring (bicyclic) bond motifs is 8. The molecule has 0 unspecified atom stereocenters. The molecule has 0 N–H and O–H groups in total. The van der Waals surface area contributed by atoms with E-state index in [0.717, 1.165) is 11.3 Å². The standard InChI is InChI=1S/C38H26BN3S/c1-38(2)24-11-3-4-16-29(24)41-31-21-23(28-15-7-8-20-40-28)22-32-35(31)39(26-13-9-12-25(38)36(26)41)27-14-10-19-34-37(27)42(32)30-17-5-6-18-33(30)43-34/h3-22H,1-2H3. The van der Waals surface area contributed by atoms with E-state index in [1.165, 1.54) is 71.4 Å². The van der Waals surface area contributed by atoms with Crippen LogP contribution in [-0.2, 0) is 5.41 Å². The lowest BCUT2D eigenvalue weighted by Crippen LogP contribution is -2.62. The first-order valence-corrected chi connectivity index (χ1v) is 15.8. The van der Waals surface area contributed by atoms with Crippen molar-refractivity contribution in [3.63, 3.8) is 0 Å². The Labute approximate surface area is 255 Å². The van der Waals surface area contributed by atoms with Gasteiger partial charge in [0.25, 0.3) is 6.71 Å². The van der Waals surface area contributed by atoms with Gasteiger partial charge in [0.1, 0.15) is 0 Å². The third-order valence-corrected chi connectivity index (χ3v) is 11.0. The fourth-order valence-electron chi connectivity index (χ4n) is 8.02. The van der Waals surface area contributed by atoms with Gasteiger partial charge in [0.15, 0.2) is 0 Å². The number of anilines is 6. The van der Waals surface area contributed by atoms with Crippen LogP contribution in [0.4, 0.5) is 34.1 Å². The first-order chi connectivity index (χ1) is 21.1. The van der Waals surface area contributed by atoms with Gasteiger partial charge in [-0.2, -0.15) is 0 Å². The molecule has 202 valence electrons. The molecule has 6 aromatic rings. The molecule has 10 rings (SSSR count). The first-order valence-electron chi connectivity index (χ1n) is 14.9. The molecule has 5 aromatic carbocycles. The van der Waals surface area contributed by atoms with Crippen LogP contribution < -0.4 is 26.2 Å². The van der Waals surface area contributed by atoms with Crippen LogP contribution in [0.25, 0.3) is 11.3 Å². The highest BCUT2D eigenvalue weighted by Gasteiger charge is 2.49. The average Bonchev–Trinajstić information content (AvgIpc) is 3.05. The van der Waals surface area contributed by atoms with E-state index in [9.17, 15) is 0 Å². The zero-order chi connectivity index (χ0) is 28.4. The molecule has 0 amide bonds. The maximum absolute atomic E-state index is 4.83. The summed E-state index contributed by atoms with van der Waals surface area (Å²) in [7, 11) is 0. The predicted molar refractivity (Wildman–Crippen MR) is 180 cm³/mol. The summed E-state index contributed by atoms with van der Waals surface area (Å²) in [6.07, 6.45) is 1.90. The highest BCUT2D eigenvalue weighted by molar-refractivity contribution is 7.99. The minimum atomic E-state index is -0.122. The first kappa shape index (κ1) is 23.8. The van der Waals surface area contributed by atoms with E-state index < -0.39 is 0 Å². The molecule has 1 aromatic heterocycles. The summed E-state index contributed by atoms with van der Waals surface area (Å²) in [4.78, 5) is 12.5. The molecule has 0 radical (unpaired) electrons. The fraction of sp³-hybridized carbons (Fsp3) is 0.0789. The van der Waals surface area contributed by atoms with Gasteiger partial charge < -0.3 is 9.80 Å². The van der Waals surface area contributed by atoms with Crippen molar-refractivity contribution < 1.29 is 0 Å². The van der Waals surface area contributed by atoms with Crippen molar-refractivity contribution in [2.45, 2.75) is 29.1 Å². The smallest absolute Gasteiger partial charge is 0.252 e. The monoisotopic (exact) mass is 567 g/mol. The SMILES string of the molecule is CC1(C)c2ccccc2N2c3cc(-c4ccccn4)cc4c3B(c3cccc5c3N4c3ccccc3S5)c3cccc1c32. The van der Waals surface area contributed by atoms with Crippen LogP contribution in [0, 0.1) is 0 Å². The van der Waals surface area contributed by atoms with Gasteiger partial charge in [-0.05, 0) is 76.0 Å². The molecule has 5 heterocycles.